The number of likely N-dealkylation sites (N-methyl/N-ethyl adjacent to an activating group) is 1. The highest BCUT2D eigenvalue weighted by Gasteiger charge is 2.11. The van der Waals surface area contributed by atoms with Crippen molar-refractivity contribution in [3.05, 3.63) is 72.4 Å². The number of para-hydroxylation sites is 1. The molecule has 0 radical (unpaired) electrons. The van der Waals surface area contributed by atoms with E-state index in [-0.39, 0.29) is 12.5 Å². The Bertz CT molecular complexity index is 797. The van der Waals surface area contributed by atoms with Gasteiger partial charge in [-0.25, -0.2) is 0 Å². The molecule has 0 saturated heterocycles. The number of hydrogen-bond acceptors (Lipinski definition) is 3. The van der Waals surface area contributed by atoms with Crippen LogP contribution in [-0.2, 0) is 11.3 Å². The molecular formula is C19H18N2O2. The Morgan fingerprint density at radius 3 is 2.65 bits per heavy atom. The van der Waals surface area contributed by atoms with Gasteiger partial charge >= 0.3 is 0 Å². The van der Waals surface area contributed by atoms with Crippen LogP contribution >= 0.6 is 0 Å². The molecule has 4 nitrogen and oxygen atoms in total. The van der Waals surface area contributed by atoms with Gasteiger partial charge in [0.15, 0.2) is 6.61 Å². The largest absolute Gasteiger partial charge is 0.481 e. The molecule has 0 aliphatic carbocycles. The summed E-state index contributed by atoms with van der Waals surface area (Å²) in [5.41, 5.74) is 1.86. The van der Waals surface area contributed by atoms with Gasteiger partial charge in [0.25, 0.3) is 5.91 Å². The van der Waals surface area contributed by atoms with E-state index in [1.54, 1.807) is 18.1 Å². The average molecular weight is 306 g/mol. The second-order valence-electron chi connectivity index (χ2n) is 5.36. The van der Waals surface area contributed by atoms with Gasteiger partial charge in [-0.3, -0.25) is 9.78 Å². The van der Waals surface area contributed by atoms with E-state index in [0.717, 1.165) is 16.5 Å². The number of nitrogens with zero attached hydrogens (tertiary/aromatic N) is 2. The summed E-state index contributed by atoms with van der Waals surface area (Å²) in [6, 6.07) is 19.4. The molecule has 23 heavy (non-hydrogen) atoms. The topological polar surface area (TPSA) is 42.4 Å². The van der Waals surface area contributed by atoms with Gasteiger partial charge in [-0.15, -0.1) is 0 Å². The molecule has 1 amide bonds. The van der Waals surface area contributed by atoms with E-state index in [9.17, 15) is 4.79 Å². The standard InChI is InChI=1S/C19H18N2O2/c1-21(13-15-7-3-2-4-8-15)18(22)14-23-17-11-5-9-16-10-6-12-20-19(16)17/h2-12H,13-14H2,1H3. The lowest BCUT2D eigenvalue weighted by Crippen LogP contribution is -2.30. The van der Waals surface area contributed by atoms with Crippen LogP contribution in [0.2, 0.25) is 0 Å². The summed E-state index contributed by atoms with van der Waals surface area (Å²) in [5, 5.41) is 0.995. The Morgan fingerprint density at radius 1 is 1.04 bits per heavy atom. The van der Waals surface area contributed by atoms with Crippen LogP contribution in [0.3, 0.4) is 0 Å². The van der Waals surface area contributed by atoms with Crippen molar-refractivity contribution in [3.8, 4) is 5.75 Å². The molecular weight excluding hydrogens is 288 g/mol. The molecule has 0 atom stereocenters. The van der Waals surface area contributed by atoms with Gasteiger partial charge in [-0.2, -0.15) is 0 Å². The minimum atomic E-state index is -0.0678. The third kappa shape index (κ3) is 3.66. The van der Waals surface area contributed by atoms with Crippen LogP contribution in [-0.4, -0.2) is 29.4 Å². The van der Waals surface area contributed by atoms with E-state index in [4.69, 9.17) is 4.74 Å². The molecule has 3 rings (SSSR count). The first kappa shape index (κ1) is 15.0. The molecule has 3 aromatic rings. The summed E-state index contributed by atoms with van der Waals surface area (Å²) in [6.45, 7) is 0.565. The number of hydrogen-bond donors (Lipinski definition) is 0. The maximum atomic E-state index is 12.2. The van der Waals surface area contributed by atoms with Crippen LogP contribution in [0, 0.1) is 0 Å². The second kappa shape index (κ2) is 6.92. The summed E-state index contributed by atoms with van der Waals surface area (Å²) in [5.74, 6) is 0.561. The Hall–Kier alpha value is -2.88. The molecule has 0 N–H and O–H groups in total. The third-order valence-electron chi connectivity index (χ3n) is 3.64. The quantitative estimate of drug-likeness (QED) is 0.726. The fourth-order valence-electron chi connectivity index (χ4n) is 2.39. The monoisotopic (exact) mass is 306 g/mol. The normalized spacial score (nSPS) is 10.5. The lowest BCUT2D eigenvalue weighted by molar-refractivity contribution is -0.132. The molecule has 0 aliphatic rings. The van der Waals surface area contributed by atoms with E-state index in [1.165, 1.54) is 0 Å². The molecule has 0 unspecified atom stereocenters. The number of pyridine rings is 1. The lowest BCUT2D eigenvalue weighted by atomic mass is 10.2. The molecule has 0 spiro atoms. The number of benzene rings is 2. The van der Waals surface area contributed by atoms with Crippen LogP contribution < -0.4 is 4.74 Å². The number of amides is 1. The molecule has 1 aromatic heterocycles. The van der Waals surface area contributed by atoms with Crippen molar-refractivity contribution in [2.24, 2.45) is 0 Å². The minimum Gasteiger partial charge on any atom is -0.481 e. The number of carbonyl (C=O) groups excluding carboxylic acids is 1. The fourth-order valence-corrected chi connectivity index (χ4v) is 2.39. The van der Waals surface area contributed by atoms with Gasteiger partial charge < -0.3 is 9.64 Å². The molecule has 116 valence electrons. The highest BCUT2D eigenvalue weighted by molar-refractivity contribution is 5.85. The van der Waals surface area contributed by atoms with E-state index < -0.39 is 0 Å². The Kier molecular flexibility index (Phi) is 4.52. The molecule has 4 heteroatoms. The zero-order valence-electron chi connectivity index (χ0n) is 13.0. The van der Waals surface area contributed by atoms with Crippen LogP contribution in [0.4, 0.5) is 0 Å². The summed E-state index contributed by atoms with van der Waals surface area (Å²) in [6.07, 6.45) is 1.72. The molecule has 0 fully saturated rings. The maximum Gasteiger partial charge on any atom is 0.260 e. The Balaban J connectivity index is 1.64. The second-order valence-corrected chi connectivity index (χ2v) is 5.36. The molecule has 1 heterocycles. The van der Waals surface area contributed by atoms with Gasteiger partial charge in [0.1, 0.15) is 11.3 Å². The first-order chi connectivity index (χ1) is 11.2. The van der Waals surface area contributed by atoms with E-state index >= 15 is 0 Å². The van der Waals surface area contributed by atoms with Crippen molar-refractivity contribution in [3.63, 3.8) is 0 Å². The first-order valence-electron chi connectivity index (χ1n) is 7.48. The lowest BCUT2D eigenvalue weighted by Gasteiger charge is -2.17. The van der Waals surface area contributed by atoms with E-state index in [1.807, 2.05) is 60.7 Å². The van der Waals surface area contributed by atoms with Crippen molar-refractivity contribution < 1.29 is 9.53 Å². The minimum absolute atomic E-state index is 0.000971. The predicted octanol–water partition coefficient (Wildman–Crippen LogP) is 3.27. The summed E-state index contributed by atoms with van der Waals surface area (Å²) in [4.78, 5) is 18.2. The zero-order valence-corrected chi connectivity index (χ0v) is 13.0. The van der Waals surface area contributed by atoms with Gasteiger partial charge in [-0.05, 0) is 17.7 Å². The Labute approximate surface area is 135 Å². The first-order valence-corrected chi connectivity index (χ1v) is 7.48. The van der Waals surface area contributed by atoms with Crippen molar-refractivity contribution in [2.75, 3.05) is 13.7 Å². The van der Waals surface area contributed by atoms with Gasteiger partial charge in [0.05, 0.1) is 0 Å². The van der Waals surface area contributed by atoms with Gasteiger partial charge in [-0.1, -0.05) is 48.5 Å². The molecule has 0 bridgehead atoms. The highest BCUT2D eigenvalue weighted by atomic mass is 16.5. The van der Waals surface area contributed by atoms with Crippen molar-refractivity contribution in [1.82, 2.24) is 9.88 Å². The summed E-state index contributed by atoms with van der Waals surface area (Å²) >= 11 is 0. The van der Waals surface area contributed by atoms with Crippen molar-refractivity contribution in [1.29, 1.82) is 0 Å². The number of fused-ring (bicyclic) bond motifs is 1. The predicted molar refractivity (Wildman–Crippen MR) is 90.2 cm³/mol. The van der Waals surface area contributed by atoms with Crippen molar-refractivity contribution >= 4 is 16.8 Å². The summed E-state index contributed by atoms with van der Waals surface area (Å²) in [7, 11) is 1.78. The zero-order chi connectivity index (χ0) is 16.1. The van der Waals surface area contributed by atoms with Crippen LogP contribution in [0.1, 0.15) is 5.56 Å². The fraction of sp³-hybridized carbons (Fsp3) is 0.158. The third-order valence-corrected chi connectivity index (χ3v) is 3.64. The van der Waals surface area contributed by atoms with Crippen LogP contribution in [0.5, 0.6) is 5.75 Å². The SMILES string of the molecule is CN(Cc1ccccc1)C(=O)COc1cccc2cccnc12. The van der Waals surface area contributed by atoms with Crippen LogP contribution in [0.25, 0.3) is 10.9 Å². The summed E-state index contributed by atoms with van der Waals surface area (Å²) < 4.78 is 5.69. The molecule has 0 saturated carbocycles. The average Bonchev–Trinajstić information content (AvgIpc) is 2.60. The Morgan fingerprint density at radius 2 is 1.83 bits per heavy atom. The number of carbonyl (C=O) groups is 1. The number of ether oxygens (including phenoxy) is 1. The van der Waals surface area contributed by atoms with E-state index in [0.29, 0.717) is 12.3 Å². The maximum absolute atomic E-state index is 12.2. The number of rotatable bonds is 5. The van der Waals surface area contributed by atoms with Gasteiger partial charge in [0.2, 0.25) is 0 Å². The van der Waals surface area contributed by atoms with E-state index in [2.05, 4.69) is 4.98 Å². The molecule has 0 aliphatic heterocycles. The smallest absolute Gasteiger partial charge is 0.260 e. The van der Waals surface area contributed by atoms with Gasteiger partial charge in [0, 0.05) is 25.2 Å². The number of aromatic nitrogens is 1. The van der Waals surface area contributed by atoms with Crippen molar-refractivity contribution in [2.45, 2.75) is 6.54 Å². The van der Waals surface area contributed by atoms with Crippen LogP contribution in [0.15, 0.2) is 66.9 Å². The molecule has 2 aromatic carbocycles. The highest BCUT2D eigenvalue weighted by Crippen LogP contribution is 2.22.